The number of halogens is 1. The van der Waals surface area contributed by atoms with Crippen molar-refractivity contribution in [3.8, 4) is 5.88 Å². The molecule has 0 aromatic carbocycles. The third-order valence-corrected chi connectivity index (χ3v) is 6.02. The van der Waals surface area contributed by atoms with Gasteiger partial charge in [0.25, 0.3) is 0 Å². The van der Waals surface area contributed by atoms with E-state index in [1.807, 2.05) is 12.1 Å². The number of ether oxygens (including phenoxy) is 1. The van der Waals surface area contributed by atoms with Crippen LogP contribution in [0.2, 0.25) is 0 Å². The minimum atomic E-state index is 0. The molecular formula is C21H32IN5OS. The fraction of sp³-hybridized carbons (Fsp3) is 0.571. The van der Waals surface area contributed by atoms with Gasteiger partial charge in [0.15, 0.2) is 5.96 Å². The third kappa shape index (κ3) is 7.40. The molecule has 2 aromatic heterocycles. The highest BCUT2D eigenvalue weighted by Gasteiger charge is 2.18. The zero-order chi connectivity index (χ0) is 19.8. The maximum Gasteiger partial charge on any atom is 0.218 e. The minimum absolute atomic E-state index is 0. The summed E-state index contributed by atoms with van der Waals surface area (Å²) in [6, 6.07) is 3.99. The van der Waals surface area contributed by atoms with Crippen LogP contribution >= 0.6 is 35.3 Å². The van der Waals surface area contributed by atoms with Crippen molar-refractivity contribution in [3.05, 3.63) is 39.5 Å². The molecule has 2 aromatic rings. The molecule has 0 atom stereocenters. The molecule has 0 spiro atoms. The van der Waals surface area contributed by atoms with Crippen LogP contribution in [0.25, 0.3) is 0 Å². The highest BCUT2D eigenvalue weighted by molar-refractivity contribution is 14.0. The van der Waals surface area contributed by atoms with E-state index in [1.54, 1.807) is 17.5 Å². The third-order valence-electron chi connectivity index (χ3n) is 4.89. The largest absolute Gasteiger partial charge is 0.474 e. The van der Waals surface area contributed by atoms with Crippen LogP contribution < -0.4 is 15.4 Å². The van der Waals surface area contributed by atoms with Crippen LogP contribution in [0.3, 0.4) is 0 Å². The first-order valence-electron chi connectivity index (χ1n) is 10.2. The summed E-state index contributed by atoms with van der Waals surface area (Å²) in [5.74, 6) is 1.53. The van der Waals surface area contributed by atoms with Crippen molar-refractivity contribution in [1.29, 1.82) is 0 Å². The first-order chi connectivity index (χ1) is 13.7. The van der Waals surface area contributed by atoms with Crippen LogP contribution in [-0.4, -0.2) is 35.1 Å². The number of hydrogen-bond donors (Lipinski definition) is 2. The lowest BCUT2D eigenvalue weighted by Crippen LogP contribution is -2.38. The molecule has 29 heavy (non-hydrogen) atoms. The van der Waals surface area contributed by atoms with Gasteiger partial charge < -0.3 is 15.4 Å². The Morgan fingerprint density at radius 1 is 1.28 bits per heavy atom. The second kappa shape index (κ2) is 12.3. The molecule has 0 bridgehead atoms. The van der Waals surface area contributed by atoms with Gasteiger partial charge in [0, 0.05) is 36.1 Å². The quantitative estimate of drug-likeness (QED) is 0.302. The van der Waals surface area contributed by atoms with Crippen LogP contribution in [-0.2, 0) is 13.0 Å². The Labute approximate surface area is 195 Å². The number of nitrogens with zero attached hydrogens (tertiary/aromatic N) is 3. The van der Waals surface area contributed by atoms with Crippen molar-refractivity contribution in [2.45, 2.75) is 65.5 Å². The van der Waals surface area contributed by atoms with Crippen LogP contribution in [0.4, 0.5) is 0 Å². The van der Waals surface area contributed by atoms with Gasteiger partial charge in [-0.05, 0) is 52.5 Å². The lowest BCUT2D eigenvalue weighted by Gasteiger charge is -2.15. The molecule has 3 rings (SSSR count). The fourth-order valence-corrected chi connectivity index (χ4v) is 4.19. The summed E-state index contributed by atoms with van der Waals surface area (Å²) in [5, 5.41) is 7.88. The lowest BCUT2D eigenvalue weighted by atomic mass is 10.2. The summed E-state index contributed by atoms with van der Waals surface area (Å²) >= 11 is 1.77. The van der Waals surface area contributed by atoms with E-state index in [9.17, 15) is 0 Å². The molecule has 8 heteroatoms. The Balaban J connectivity index is 0.00000300. The van der Waals surface area contributed by atoms with Crippen LogP contribution in [0.1, 0.15) is 53.7 Å². The molecule has 1 aliphatic carbocycles. The summed E-state index contributed by atoms with van der Waals surface area (Å²) < 4.78 is 6.12. The van der Waals surface area contributed by atoms with E-state index in [0.29, 0.717) is 12.6 Å². The number of thiazole rings is 1. The van der Waals surface area contributed by atoms with Gasteiger partial charge in [0.1, 0.15) is 6.10 Å². The number of nitrogens with one attached hydrogen (secondary N) is 2. The highest BCUT2D eigenvalue weighted by atomic mass is 127. The Hall–Kier alpha value is -1.42. The number of aliphatic imine (C=N–C) groups is 1. The van der Waals surface area contributed by atoms with Crippen LogP contribution in [0.5, 0.6) is 5.88 Å². The molecule has 0 amide bonds. The monoisotopic (exact) mass is 529 g/mol. The van der Waals surface area contributed by atoms with Crippen LogP contribution in [0.15, 0.2) is 23.3 Å². The molecule has 0 radical (unpaired) electrons. The van der Waals surface area contributed by atoms with E-state index in [2.05, 4.69) is 41.4 Å². The topological polar surface area (TPSA) is 71.4 Å². The first kappa shape index (κ1) is 23.9. The number of aromatic nitrogens is 2. The SMILES string of the molecule is CCNC(=NCc1cccnc1OC1CCCC1)NCCc1nc(C)c(C)s1.I. The van der Waals surface area contributed by atoms with Gasteiger partial charge in [-0.2, -0.15) is 0 Å². The van der Waals surface area contributed by atoms with Gasteiger partial charge in [-0.25, -0.2) is 15.0 Å². The molecule has 6 nitrogen and oxygen atoms in total. The number of hydrogen-bond acceptors (Lipinski definition) is 5. The van der Waals surface area contributed by atoms with E-state index in [0.717, 1.165) is 60.5 Å². The van der Waals surface area contributed by atoms with Gasteiger partial charge in [-0.1, -0.05) is 6.07 Å². The normalized spacial score (nSPS) is 14.5. The molecule has 2 heterocycles. The second-order valence-corrected chi connectivity index (χ2v) is 8.40. The average Bonchev–Trinajstić information content (AvgIpc) is 3.30. The smallest absolute Gasteiger partial charge is 0.218 e. The summed E-state index contributed by atoms with van der Waals surface area (Å²) in [6.45, 7) is 8.42. The van der Waals surface area contributed by atoms with Crippen LogP contribution in [0, 0.1) is 13.8 Å². The summed E-state index contributed by atoms with van der Waals surface area (Å²) in [4.78, 5) is 15.1. The predicted octanol–water partition coefficient (Wildman–Crippen LogP) is 4.39. The molecule has 0 saturated heterocycles. The van der Waals surface area contributed by atoms with E-state index in [1.165, 1.54) is 17.7 Å². The molecule has 1 fully saturated rings. The predicted molar refractivity (Wildman–Crippen MR) is 131 cm³/mol. The molecule has 2 N–H and O–H groups in total. The van der Waals surface area contributed by atoms with Gasteiger partial charge >= 0.3 is 0 Å². The van der Waals surface area contributed by atoms with Gasteiger partial charge in [0.05, 0.1) is 17.2 Å². The van der Waals surface area contributed by atoms with Crippen molar-refractivity contribution in [1.82, 2.24) is 20.6 Å². The summed E-state index contributed by atoms with van der Waals surface area (Å²) in [5.41, 5.74) is 2.16. The molecule has 1 aliphatic rings. The standard InChI is InChI=1S/C21H31N5OS.HI/c1-4-22-21(24-13-11-19-26-15(2)16(3)28-19)25-14-17-8-7-12-23-20(17)27-18-9-5-6-10-18;/h7-8,12,18H,4-6,9-11,13-14H2,1-3H3,(H2,22,24,25);1H. The van der Waals surface area contributed by atoms with Gasteiger partial charge in [-0.3, -0.25) is 0 Å². The summed E-state index contributed by atoms with van der Waals surface area (Å²) in [7, 11) is 0. The zero-order valence-electron chi connectivity index (χ0n) is 17.5. The molecule has 0 aliphatic heterocycles. The van der Waals surface area contributed by atoms with E-state index >= 15 is 0 Å². The van der Waals surface area contributed by atoms with E-state index < -0.39 is 0 Å². The fourth-order valence-electron chi connectivity index (χ4n) is 3.25. The minimum Gasteiger partial charge on any atom is -0.474 e. The highest BCUT2D eigenvalue weighted by Crippen LogP contribution is 2.25. The Bertz CT molecular complexity index is 770. The molecule has 160 valence electrons. The van der Waals surface area contributed by atoms with Crippen molar-refractivity contribution >= 4 is 41.3 Å². The van der Waals surface area contributed by atoms with Crippen molar-refractivity contribution in [2.75, 3.05) is 13.1 Å². The van der Waals surface area contributed by atoms with Crippen molar-refractivity contribution < 1.29 is 4.74 Å². The van der Waals surface area contributed by atoms with Gasteiger partial charge in [0.2, 0.25) is 5.88 Å². The van der Waals surface area contributed by atoms with Crippen molar-refractivity contribution in [2.24, 2.45) is 4.99 Å². The first-order valence-corrected chi connectivity index (χ1v) is 11.0. The lowest BCUT2D eigenvalue weighted by molar-refractivity contribution is 0.199. The summed E-state index contributed by atoms with van der Waals surface area (Å²) in [6.07, 6.45) is 7.73. The molecule has 1 saturated carbocycles. The van der Waals surface area contributed by atoms with Gasteiger partial charge in [-0.15, -0.1) is 35.3 Å². The number of rotatable bonds is 8. The molecular weight excluding hydrogens is 497 g/mol. The maximum absolute atomic E-state index is 6.12. The number of aryl methyl sites for hydroxylation is 2. The van der Waals surface area contributed by atoms with E-state index in [-0.39, 0.29) is 24.0 Å². The number of pyridine rings is 1. The zero-order valence-corrected chi connectivity index (χ0v) is 20.7. The maximum atomic E-state index is 6.12. The van der Waals surface area contributed by atoms with E-state index in [4.69, 9.17) is 9.73 Å². The number of guanidine groups is 1. The Kier molecular flexibility index (Phi) is 10.1. The van der Waals surface area contributed by atoms with Crippen molar-refractivity contribution in [3.63, 3.8) is 0 Å². The Morgan fingerprint density at radius 3 is 2.76 bits per heavy atom. The molecule has 0 unspecified atom stereocenters. The second-order valence-electron chi connectivity index (χ2n) is 7.11. The Morgan fingerprint density at radius 2 is 2.07 bits per heavy atom. The average molecular weight is 529 g/mol.